The van der Waals surface area contributed by atoms with Gasteiger partial charge in [-0.15, -0.1) is 0 Å². The summed E-state index contributed by atoms with van der Waals surface area (Å²) < 4.78 is 6.01. The van der Waals surface area contributed by atoms with Crippen molar-refractivity contribution in [3.05, 3.63) is 0 Å². The van der Waals surface area contributed by atoms with Crippen LogP contribution in [0.15, 0.2) is 0 Å². The second-order valence-electron chi connectivity index (χ2n) is 7.14. The molecule has 1 saturated heterocycles. The van der Waals surface area contributed by atoms with Crippen LogP contribution in [0.25, 0.3) is 0 Å². The third kappa shape index (κ3) is 2.34. The number of likely N-dealkylation sites (tertiary alicyclic amines) is 1. The molecule has 4 atom stereocenters. The zero-order valence-corrected chi connectivity index (χ0v) is 12.8. The predicted octanol–water partition coefficient (Wildman–Crippen LogP) is 2.26. The zero-order valence-electron chi connectivity index (χ0n) is 12.8. The standard InChI is InChI=1S/C16H30N2O/c1-4-19-15-9-14(16(15)7-5-6-8-16)17-13-11-18(3)10-12(13)2/h12-15,17H,4-11H2,1-3H3/t12-,13-,14-,15+/m0/s1. The second-order valence-corrected chi connectivity index (χ2v) is 7.14. The van der Waals surface area contributed by atoms with Gasteiger partial charge in [0.25, 0.3) is 0 Å². The van der Waals surface area contributed by atoms with E-state index in [0.717, 1.165) is 12.5 Å². The lowest BCUT2D eigenvalue weighted by atomic mass is 9.60. The van der Waals surface area contributed by atoms with E-state index in [4.69, 9.17) is 4.74 Å². The monoisotopic (exact) mass is 266 g/mol. The van der Waals surface area contributed by atoms with Crippen molar-refractivity contribution in [1.29, 1.82) is 0 Å². The van der Waals surface area contributed by atoms with Gasteiger partial charge in [0.1, 0.15) is 0 Å². The number of likely N-dealkylation sites (N-methyl/N-ethyl adjacent to an activating group) is 1. The van der Waals surface area contributed by atoms with Crippen molar-refractivity contribution >= 4 is 0 Å². The maximum Gasteiger partial charge on any atom is 0.0661 e. The van der Waals surface area contributed by atoms with Crippen LogP contribution in [0.5, 0.6) is 0 Å². The van der Waals surface area contributed by atoms with E-state index in [-0.39, 0.29) is 0 Å². The van der Waals surface area contributed by atoms with Crippen molar-refractivity contribution in [1.82, 2.24) is 10.2 Å². The van der Waals surface area contributed by atoms with Crippen molar-refractivity contribution in [3.63, 3.8) is 0 Å². The van der Waals surface area contributed by atoms with Crippen molar-refractivity contribution in [3.8, 4) is 0 Å². The van der Waals surface area contributed by atoms with Crippen LogP contribution in [0, 0.1) is 11.3 Å². The highest BCUT2D eigenvalue weighted by atomic mass is 16.5. The summed E-state index contributed by atoms with van der Waals surface area (Å²) in [5.74, 6) is 0.787. The average molecular weight is 266 g/mol. The third-order valence-electron chi connectivity index (χ3n) is 5.90. The Morgan fingerprint density at radius 3 is 2.58 bits per heavy atom. The van der Waals surface area contributed by atoms with Gasteiger partial charge in [0.05, 0.1) is 6.10 Å². The van der Waals surface area contributed by atoms with Gasteiger partial charge in [-0.25, -0.2) is 0 Å². The number of hydrogen-bond donors (Lipinski definition) is 1. The summed E-state index contributed by atoms with van der Waals surface area (Å²) in [6.45, 7) is 7.86. The highest BCUT2D eigenvalue weighted by molar-refractivity contribution is 5.11. The highest BCUT2D eigenvalue weighted by Gasteiger charge is 2.57. The Morgan fingerprint density at radius 2 is 2.00 bits per heavy atom. The van der Waals surface area contributed by atoms with E-state index in [0.29, 0.717) is 23.6 Å². The first-order chi connectivity index (χ1) is 9.15. The largest absolute Gasteiger partial charge is 0.378 e. The van der Waals surface area contributed by atoms with Gasteiger partial charge in [-0.2, -0.15) is 0 Å². The van der Waals surface area contributed by atoms with E-state index < -0.39 is 0 Å². The van der Waals surface area contributed by atoms with Crippen molar-refractivity contribution in [2.75, 3.05) is 26.7 Å². The summed E-state index contributed by atoms with van der Waals surface area (Å²) in [7, 11) is 2.24. The number of nitrogens with zero attached hydrogens (tertiary/aromatic N) is 1. The molecule has 110 valence electrons. The molecule has 1 heterocycles. The molecule has 3 aliphatic rings. The van der Waals surface area contributed by atoms with Gasteiger partial charge in [0, 0.05) is 37.2 Å². The minimum Gasteiger partial charge on any atom is -0.378 e. The summed E-state index contributed by atoms with van der Waals surface area (Å²) in [5.41, 5.74) is 0.483. The van der Waals surface area contributed by atoms with Crippen LogP contribution in [0.1, 0.15) is 46.0 Å². The molecule has 0 amide bonds. The maximum absolute atomic E-state index is 6.01. The number of hydrogen-bond acceptors (Lipinski definition) is 3. The fourth-order valence-corrected chi connectivity index (χ4v) is 4.80. The Hall–Kier alpha value is -0.120. The molecule has 0 bridgehead atoms. The molecule has 1 aliphatic heterocycles. The van der Waals surface area contributed by atoms with E-state index in [1.165, 1.54) is 45.2 Å². The highest BCUT2D eigenvalue weighted by Crippen LogP contribution is 2.55. The van der Waals surface area contributed by atoms with Crippen LogP contribution in [-0.2, 0) is 4.74 Å². The van der Waals surface area contributed by atoms with Crippen LogP contribution < -0.4 is 5.32 Å². The molecule has 1 spiro atoms. The molecule has 3 rings (SSSR count). The van der Waals surface area contributed by atoms with Gasteiger partial charge >= 0.3 is 0 Å². The fraction of sp³-hybridized carbons (Fsp3) is 1.00. The molecule has 3 nitrogen and oxygen atoms in total. The molecule has 0 aromatic carbocycles. The molecular formula is C16H30N2O. The van der Waals surface area contributed by atoms with E-state index in [1.54, 1.807) is 0 Å². The molecule has 0 unspecified atom stereocenters. The molecular weight excluding hydrogens is 236 g/mol. The van der Waals surface area contributed by atoms with E-state index in [2.05, 4.69) is 31.1 Å². The minimum atomic E-state index is 0.483. The quantitative estimate of drug-likeness (QED) is 0.845. The van der Waals surface area contributed by atoms with Crippen LogP contribution in [0.4, 0.5) is 0 Å². The van der Waals surface area contributed by atoms with E-state index in [1.807, 2.05) is 0 Å². The third-order valence-corrected chi connectivity index (χ3v) is 5.90. The molecule has 3 fully saturated rings. The van der Waals surface area contributed by atoms with Crippen molar-refractivity contribution in [2.24, 2.45) is 11.3 Å². The average Bonchev–Trinajstić information content (AvgIpc) is 2.97. The van der Waals surface area contributed by atoms with Crippen LogP contribution in [-0.4, -0.2) is 49.8 Å². The first-order valence-electron chi connectivity index (χ1n) is 8.22. The number of nitrogens with one attached hydrogen (secondary N) is 1. The molecule has 2 aliphatic carbocycles. The molecule has 3 heteroatoms. The maximum atomic E-state index is 6.01. The van der Waals surface area contributed by atoms with Crippen LogP contribution >= 0.6 is 0 Å². The number of rotatable bonds is 4. The topological polar surface area (TPSA) is 24.5 Å². The van der Waals surface area contributed by atoms with Crippen molar-refractivity contribution in [2.45, 2.75) is 64.1 Å². The van der Waals surface area contributed by atoms with Gasteiger partial charge in [-0.05, 0) is 39.2 Å². The Labute approximate surface area is 118 Å². The lowest BCUT2D eigenvalue weighted by Gasteiger charge is -2.55. The SMILES string of the molecule is CCO[C@@H]1C[C@H](N[C@H]2CN(C)C[C@@H]2C)C12CCCC2. The first-order valence-corrected chi connectivity index (χ1v) is 8.22. The summed E-state index contributed by atoms with van der Waals surface area (Å²) in [5, 5.41) is 3.99. The summed E-state index contributed by atoms with van der Waals surface area (Å²) in [4.78, 5) is 2.46. The van der Waals surface area contributed by atoms with Gasteiger partial charge in [-0.1, -0.05) is 19.8 Å². The molecule has 0 aromatic heterocycles. The van der Waals surface area contributed by atoms with Gasteiger partial charge in [0.15, 0.2) is 0 Å². The van der Waals surface area contributed by atoms with Crippen molar-refractivity contribution < 1.29 is 4.74 Å². The molecule has 19 heavy (non-hydrogen) atoms. The molecule has 0 aromatic rings. The second kappa shape index (κ2) is 5.34. The summed E-state index contributed by atoms with van der Waals surface area (Å²) >= 11 is 0. The predicted molar refractivity (Wildman–Crippen MR) is 78.3 cm³/mol. The Bertz CT molecular complexity index is 314. The van der Waals surface area contributed by atoms with Gasteiger partial charge in [0.2, 0.25) is 0 Å². The van der Waals surface area contributed by atoms with E-state index >= 15 is 0 Å². The lowest BCUT2D eigenvalue weighted by Crippen LogP contribution is -2.65. The zero-order chi connectivity index (χ0) is 13.5. The van der Waals surface area contributed by atoms with Gasteiger partial charge < -0.3 is 15.0 Å². The van der Waals surface area contributed by atoms with E-state index in [9.17, 15) is 0 Å². The van der Waals surface area contributed by atoms with Crippen LogP contribution in [0.2, 0.25) is 0 Å². The Balaban J connectivity index is 1.62. The van der Waals surface area contributed by atoms with Gasteiger partial charge in [-0.3, -0.25) is 0 Å². The Kier molecular flexibility index (Phi) is 3.89. The fourth-order valence-electron chi connectivity index (χ4n) is 4.80. The van der Waals surface area contributed by atoms with Crippen LogP contribution in [0.3, 0.4) is 0 Å². The summed E-state index contributed by atoms with van der Waals surface area (Å²) in [6.07, 6.45) is 7.34. The smallest absolute Gasteiger partial charge is 0.0661 e. The normalized spacial score (nSPS) is 41.8. The number of ether oxygens (including phenoxy) is 1. The Morgan fingerprint density at radius 1 is 1.26 bits per heavy atom. The molecule has 2 saturated carbocycles. The molecule has 0 radical (unpaired) electrons. The minimum absolute atomic E-state index is 0.483. The lowest BCUT2D eigenvalue weighted by molar-refractivity contribution is -0.133. The first kappa shape index (κ1) is 13.8. The summed E-state index contributed by atoms with van der Waals surface area (Å²) in [6, 6.07) is 1.40. The molecule has 1 N–H and O–H groups in total.